The Bertz CT molecular complexity index is 417. The van der Waals surface area contributed by atoms with Crippen molar-refractivity contribution in [2.75, 3.05) is 0 Å². The highest BCUT2D eigenvalue weighted by Gasteiger charge is 2.32. The molecule has 0 radical (unpaired) electrons. The first-order chi connectivity index (χ1) is 7.75. The molecule has 0 aliphatic heterocycles. The van der Waals surface area contributed by atoms with Crippen molar-refractivity contribution in [1.29, 1.82) is 0 Å². The zero-order valence-electron chi connectivity index (χ0n) is 10.00. The van der Waals surface area contributed by atoms with E-state index in [9.17, 15) is 16.8 Å². The Kier molecular flexibility index (Phi) is 6.08. The van der Waals surface area contributed by atoms with Crippen molar-refractivity contribution in [3.63, 3.8) is 0 Å². The maximum atomic E-state index is 11.6. The molecule has 0 aromatic rings. The maximum Gasteiger partial charge on any atom is 0.288 e. The third-order valence-electron chi connectivity index (χ3n) is 2.26. The summed E-state index contributed by atoms with van der Waals surface area (Å²) in [5, 5.41) is -2.06. The smallest absolute Gasteiger partial charge is 0.198 e. The fourth-order valence-electron chi connectivity index (χ4n) is 1.21. The Balaban J connectivity index is 5.20. The van der Waals surface area contributed by atoms with Gasteiger partial charge in [-0.05, 0) is 12.8 Å². The van der Waals surface area contributed by atoms with E-state index in [1.54, 1.807) is 13.8 Å². The van der Waals surface area contributed by atoms with Crippen LogP contribution >= 0.6 is 0 Å². The highest BCUT2D eigenvalue weighted by Crippen LogP contribution is 2.17. The molecule has 0 rings (SSSR count). The molecule has 2 unspecified atom stereocenters. The van der Waals surface area contributed by atoms with Crippen molar-refractivity contribution in [3.05, 3.63) is 25.3 Å². The average Bonchev–Trinajstić information content (AvgIpc) is 2.18. The summed E-state index contributed by atoms with van der Waals surface area (Å²) in [4.78, 5) is 0. The van der Waals surface area contributed by atoms with E-state index in [2.05, 4.69) is 16.8 Å². The quantitative estimate of drug-likeness (QED) is 0.632. The second kappa shape index (κ2) is 6.32. The summed E-state index contributed by atoms with van der Waals surface area (Å²) in [5.41, 5.74) is 0. The Labute approximate surface area is 103 Å². The molecule has 0 aromatic carbocycles. The van der Waals surface area contributed by atoms with E-state index in [-0.39, 0.29) is 12.8 Å². The molecule has 0 aliphatic carbocycles. The zero-order chi connectivity index (χ0) is 13.7. The molecular formula is C10H18O5S2. The highest BCUT2D eigenvalue weighted by atomic mass is 32.3. The van der Waals surface area contributed by atoms with Gasteiger partial charge in [-0.2, -0.15) is 16.8 Å². The van der Waals surface area contributed by atoms with Crippen LogP contribution in [0.15, 0.2) is 25.3 Å². The third kappa shape index (κ3) is 4.25. The SMILES string of the molecule is C=CC(CC)S(=O)(=O)OS(=O)(=O)C(C=C)CC. The summed E-state index contributed by atoms with van der Waals surface area (Å²) in [6, 6.07) is 0. The minimum Gasteiger partial charge on any atom is -0.198 e. The van der Waals surface area contributed by atoms with Gasteiger partial charge in [0.05, 0.1) is 0 Å². The molecule has 100 valence electrons. The summed E-state index contributed by atoms with van der Waals surface area (Å²) >= 11 is 0. The number of hydrogen-bond donors (Lipinski definition) is 0. The fourth-order valence-corrected chi connectivity index (χ4v) is 4.36. The second-order valence-corrected chi connectivity index (χ2v) is 7.14. The number of hydrogen-bond acceptors (Lipinski definition) is 5. The van der Waals surface area contributed by atoms with Crippen LogP contribution in [-0.2, 0) is 23.9 Å². The number of rotatable bonds is 8. The topological polar surface area (TPSA) is 77.5 Å². The van der Waals surface area contributed by atoms with E-state index in [0.717, 1.165) is 12.2 Å². The maximum absolute atomic E-state index is 11.6. The van der Waals surface area contributed by atoms with Crippen molar-refractivity contribution in [3.8, 4) is 0 Å². The van der Waals surface area contributed by atoms with Crippen LogP contribution in [0.2, 0.25) is 0 Å². The van der Waals surface area contributed by atoms with Crippen molar-refractivity contribution < 1.29 is 20.5 Å². The van der Waals surface area contributed by atoms with Gasteiger partial charge in [-0.15, -0.1) is 16.8 Å². The summed E-state index contributed by atoms with van der Waals surface area (Å²) < 4.78 is 50.9. The Morgan fingerprint density at radius 3 is 1.41 bits per heavy atom. The first-order valence-electron chi connectivity index (χ1n) is 5.19. The molecule has 5 nitrogen and oxygen atoms in total. The lowest BCUT2D eigenvalue weighted by Gasteiger charge is -2.14. The third-order valence-corrected chi connectivity index (χ3v) is 6.31. The van der Waals surface area contributed by atoms with Gasteiger partial charge in [-0.1, -0.05) is 26.0 Å². The first kappa shape index (κ1) is 16.3. The van der Waals surface area contributed by atoms with Crippen LogP contribution in [0.4, 0.5) is 0 Å². The lowest BCUT2D eigenvalue weighted by Crippen LogP contribution is -2.29. The van der Waals surface area contributed by atoms with E-state index in [1.807, 2.05) is 0 Å². The van der Waals surface area contributed by atoms with E-state index in [1.165, 1.54) is 0 Å². The molecular weight excluding hydrogens is 264 g/mol. The largest absolute Gasteiger partial charge is 0.288 e. The van der Waals surface area contributed by atoms with Crippen molar-refractivity contribution in [2.24, 2.45) is 0 Å². The van der Waals surface area contributed by atoms with Gasteiger partial charge >= 0.3 is 0 Å². The van der Waals surface area contributed by atoms with Gasteiger partial charge < -0.3 is 0 Å². The normalized spacial score (nSPS) is 16.1. The molecule has 0 aromatic heterocycles. The molecule has 0 spiro atoms. The minimum absolute atomic E-state index is 0.201. The molecule has 0 fully saturated rings. The molecule has 0 amide bonds. The summed E-state index contributed by atoms with van der Waals surface area (Å²) in [5.74, 6) is 0. The van der Waals surface area contributed by atoms with E-state index >= 15 is 0 Å². The van der Waals surface area contributed by atoms with Crippen LogP contribution in [0.25, 0.3) is 0 Å². The van der Waals surface area contributed by atoms with Crippen LogP contribution in [0.1, 0.15) is 26.7 Å². The van der Waals surface area contributed by atoms with Gasteiger partial charge in [0, 0.05) is 0 Å². The molecule has 0 saturated carbocycles. The van der Waals surface area contributed by atoms with Gasteiger partial charge in [-0.3, -0.25) is 0 Å². The molecule has 17 heavy (non-hydrogen) atoms. The molecule has 0 saturated heterocycles. The summed E-state index contributed by atoms with van der Waals surface area (Å²) in [6.07, 6.45) is 2.71. The van der Waals surface area contributed by atoms with Crippen LogP contribution in [0.3, 0.4) is 0 Å². The minimum atomic E-state index is -4.20. The highest BCUT2D eigenvalue weighted by molar-refractivity contribution is 8.00. The van der Waals surface area contributed by atoms with Crippen LogP contribution in [0, 0.1) is 0 Å². The molecule has 0 bridgehead atoms. The van der Waals surface area contributed by atoms with E-state index in [4.69, 9.17) is 0 Å². The lowest BCUT2D eigenvalue weighted by molar-refractivity contribution is 0.450. The van der Waals surface area contributed by atoms with Gasteiger partial charge in [0.2, 0.25) is 0 Å². The standard InChI is InChI=1S/C10H18O5S2/c1-5-9(6-2)16(11,12)15-17(13,14)10(7-3)8-4/h5,7,9-10H,1,3,6,8H2,2,4H3. The molecule has 2 atom stereocenters. The van der Waals surface area contributed by atoms with Crippen LogP contribution < -0.4 is 0 Å². The second-order valence-electron chi connectivity index (χ2n) is 3.42. The van der Waals surface area contributed by atoms with Gasteiger partial charge in [0.25, 0.3) is 20.2 Å². The van der Waals surface area contributed by atoms with Gasteiger partial charge in [0.15, 0.2) is 0 Å². The fraction of sp³-hybridized carbons (Fsp3) is 0.600. The predicted molar refractivity (Wildman–Crippen MR) is 67.5 cm³/mol. The average molecular weight is 282 g/mol. The van der Waals surface area contributed by atoms with Crippen LogP contribution in [-0.4, -0.2) is 27.3 Å². The molecule has 0 aliphatic rings. The monoisotopic (exact) mass is 282 g/mol. The Hall–Kier alpha value is -0.660. The summed E-state index contributed by atoms with van der Waals surface area (Å²) in [6.45, 7) is 9.88. The molecule has 0 N–H and O–H groups in total. The van der Waals surface area contributed by atoms with Crippen molar-refractivity contribution in [1.82, 2.24) is 0 Å². The van der Waals surface area contributed by atoms with Crippen LogP contribution in [0.5, 0.6) is 0 Å². The Morgan fingerprint density at radius 1 is 0.941 bits per heavy atom. The van der Waals surface area contributed by atoms with Gasteiger partial charge in [0.1, 0.15) is 10.5 Å². The van der Waals surface area contributed by atoms with Crippen molar-refractivity contribution in [2.45, 2.75) is 37.2 Å². The summed E-state index contributed by atoms with van der Waals surface area (Å²) in [7, 11) is -8.40. The van der Waals surface area contributed by atoms with Gasteiger partial charge in [-0.25, -0.2) is 0 Å². The van der Waals surface area contributed by atoms with E-state index in [0.29, 0.717) is 0 Å². The Morgan fingerprint density at radius 2 is 1.24 bits per heavy atom. The molecule has 0 heterocycles. The lowest BCUT2D eigenvalue weighted by atomic mass is 10.3. The first-order valence-corrected chi connectivity index (χ1v) is 8.13. The molecule has 7 heteroatoms. The predicted octanol–water partition coefficient (Wildman–Crippen LogP) is 1.59. The zero-order valence-corrected chi connectivity index (χ0v) is 11.6. The van der Waals surface area contributed by atoms with E-state index < -0.39 is 30.7 Å². The van der Waals surface area contributed by atoms with Crippen molar-refractivity contribution >= 4 is 20.2 Å².